The molecule has 1 heterocycles. The first-order chi connectivity index (χ1) is 10.0. The van der Waals surface area contributed by atoms with Gasteiger partial charge in [0.1, 0.15) is 11.5 Å². The van der Waals surface area contributed by atoms with Gasteiger partial charge in [-0.25, -0.2) is 0 Å². The average molecular weight is 286 g/mol. The van der Waals surface area contributed by atoms with E-state index in [1.54, 1.807) is 37.6 Å². The highest BCUT2D eigenvalue weighted by atomic mass is 16.5. The van der Waals surface area contributed by atoms with Crippen molar-refractivity contribution in [3.05, 3.63) is 47.3 Å². The highest BCUT2D eigenvalue weighted by Crippen LogP contribution is 2.28. The Hall–Kier alpha value is -2.56. The molecule has 0 unspecified atom stereocenters. The Kier molecular flexibility index (Phi) is 4.42. The van der Waals surface area contributed by atoms with Crippen LogP contribution < -0.4 is 14.8 Å². The summed E-state index contributed by atoms with van der Waals surface area (Å²) in [6.07, 6.45) is 1.65. The highest BCUT2D eigenvalue weighted by Gasteiger charge is 2.16. The van der Waals surface area contributed by atoms with Crippen molar-refractivity contribution in [3.63, 3.8) is 0 Å². The molecule has 21 heavy (non-hydrogen) atoms. The third-order valence-corrected chi connectivity index (χ3v) is 3.12. The standard InChI is InChI=1S/C16H18N2O3/c1-10-7-15(21-4)13(9-14(10)20-3)16(19)18-12-5-6-17-11(2)8-12/h5-9H,1-4H3,(H,17,18,19). The average Bonchev–Trinajstić information content (AvgIpc) is 2.46. The number of amides is 1. The molecule has 2 rings (SSSR count). The van der Waals surface area contributed by atoms with Crippen molar-refractivity contribution < 1.29 is 14.3 Å². The van der Waals surface area contributed by atoms with Gasteiger partial charge in [0, 0.05) is 17.6 Å². The fraction of sp³-hybridized carbons (Fsp3) is 0.250. The normalized spacial score (nSPS) is 10.1. The van der Waals surface area contributed by atoms with Crippen molar-refractivity contribution in [1.82, 2.24) is 4.98 Å². The lowest BCUT2D eigenvalue weighted by atomic mass is 10.1. The Labute approximate surface area is 123 Å². The van der Waals surface area contributed by atoms with Crippen LogP contribution in [0.4, 0.5) is 5.69 Å². The van der Waals surface area contributed by atoms with Crippen molar-refractivity contribution in [2.24, 2.45) is 0 Å². The summed E-state index contributed by atoms with van der Waals surface area (Å²) in [7, 11) is 3.11. The molecule has 5 heteroatoms. The zero-order valence-electron chi connectivity index (χ0n) is 12.6. The lowest BCUT2D eigenvalue weighted by molar-refractivity contribution is 0.102. The predicted octanol–water partition coefficient (Wildman–Crippen LogP) is 2.97. The van der Waals surface area contributed by atoms with Gasteiger partial charge in [0.25, 0.3) is 5.91 Å². The molecule has 0 bridgehead atoms. The molecule has 0 saturated heterocycles. The SMILES string of the molecule is COc1cc(C(=O)Nc2ccnc(C)c2)c(OC)cc1C. The third-order valence-electron chi connectivity index (χ3n) is 3.12. The zero-order valence-corrected chi connectivity index (χ0v) is 12.6. The molecule has 0 aliphatic heterocycles. The van der Waals surface area contributed by atoms with E-state index in [-0.39, 0.29) is 5.91 Å². The van der Waals surface area contributed by atoms with E-state index in [0.717, 1.165) is 11.3 Å². The van der Waals surface area contributed by atoms with E-state index < -0.39 is 0 Å². The number of aromatic nitrogens is 1. The first-order valence-electron chi connectivity index (χ1n) is 6.51. The van der Waals surface area contributed by atoms with Crippen LogP contribution in [0.5, 0.6) is 11.5 Å². The number of nitrogens with zero attached hydrogens (tertiary/aromatic N) is 1. The van der Waals surface area contributed by atoms with Gasteiger partial charge in [-0.2, -0.15) is 0 Å². The number of carbonyl (C=O) groups excluding carboxylic acids is 1. The molecule has 0 saturated carbocycles. The summed E-state index contributed by atoms with van der Waals surface area (Å²) in [5.74, 6) is 0.902. The van der Waals surface area contributed by atoms with Crippen LogP contribution in [-0.2, 0) is 0 Å². The number of hydrogen-bond donors (Lipinski definition) is 1. The Morgan fingerprint density at radius 1 is 1.10 bits per heavy atom. The first kappa shape index (κ1) is 14.8. The van der Waals surface area contributed by atoms with Crippen molar-refractivity contribution in [3.8, 4) is 11.5 Å². The van der Waals surface area contributed by atoms with Gasteiger partial charge in [-0.3, -0.25) is 9.78 Å². The molecule has 0 fully saturated rings. The van der Waals surface area contributed by atoms with Gasteiger partial charge in [0.05, 0.1) is 19.8 Å². The predicted molar refractivity (Wildman–Crippen MR) is 81.2 cm³/mol. The lowest BCUT2D eigenvalue weighted by Crippen LogP contribution is -2.14. The topological polar surface area (TPSA) is 60.5 Å². The minimum absolute atomic E-state index is 0.254. The van der Waals surface area contributed by atoms with Crippen LogP contribution in [0, 0.1) is 13.8 Å². The van der Waals surface area contributed by atoms with Crippen molar-refractivity contribution >= 4 is 11.6 Å². The quantitative estimate of drug-likeness (QED) is 0.938. The number of ether oxygens (including phenoxy) is 2. The summed E-state index contributed by atoms with van der Waals surface area (Å²) in [6, 6.07) is 7.00. The lowest BCUT2D eigenvalue weighted by Gasteiger charge is -2.13. The molecular weight excluding hydrogens is 268 g/mol. The van der Waals surface area contributed by atoms with Gasteiger partial charge >= 0.3 is 0 Å². The molecule has 110 valence electrons. The molecule has 0 atom stereocenters. The Morgan fingerprint density at radius 2 is 1.81 bits per heavy atom. The van der Waals surface area contributed by atoms with E-state index in [1.807, 2.05) is 13.8 Å². The van der Waals surface area contributed by atoms with Crippen LogP contribution >= 0.6 is 0 Å². The first-order valence-corrected chi connectivity index (χ1v) is 6.51. The molecule has 1 aromatic heterocycles. The molecule has 5 nitrogen and oxygen atoms in total. The summed E-state index contributed by atoms with van der Waals surface area (Å²) in [5.41, 5.74) is 2.86. The fourth-order valence-corrected chi connectivity index (χ4v) is 2.05. The number of nitrogens with one attached hydrogen (secondary N) is 1. The Bertz CT molecular complexity index is 669. The minimum atomic E-state index is -0.254. The molecule has 0 spiro atoms. The minimum Gasteiger partial charge on any atom is -0.496 e. The summed E-state index contributed by atoms with van der Waals surface area (Å²) in [6.45, 7) is 3.76. The third kappa shape index (κ3) is 3.31. The van der Waals surface area contributed by atoms with Gasteiger partial charge in [-0.05, 0) is 43.7 Å². The van der Waals surface area contributed by atoms with E-state index in [2.05, 4.69) is 10.3 Å². The van der Waals surface area contributed by atoms with Crippen LogP contribution in [0.1, 0.15) is 21.6 Å². The molecule has 0 radical (unpaired) electrons. The van der Waals surface area contributed by atoms with Crippen LogP contribution in [0.2, 0.25) is 0 Å². The number of aryl methyl sites for hydroxylation is 2. The second-order valence-electron chi connectivity index (χ2n) is 4.66. The summed E-state index contributed by atoms with van der Waals surface area (Å²) >= 11 is 0. The summed E-state index contributed by atoms with van der Waals surface area (Å²) in [5, 5.41) is 2.83. The number of anilines is 1. The number of rotatable bonds is 4. The molecule has 0 aliphatic rings. The summed E-state index contributed by atoms with van der Waals surface area (Å²) < 4.78 is 10.5. The monoisotopic (exact) mass is 286 g/mol. The molecule has 1 amide bonds. The van der Waals surface area contributed by atoms with Gasteiger partial charge in [0.15, 0.2) is 0 Å². The van der Waals surface area contributed by atoms with Crippen molar-refractivity contribution in [2.45, 2.75) is 13.8 Å². The maximum absolute atomic E-state index is 12.4. The number of benzene rings is 1. The number of hydrogen-bond acceptors (Lipinski definition) is 4. The second kappa shape index (κ2) is 6.26. The van der Waals surface area contributed by atoms with Crippen molar-refractivity contribution in [2.75, 3.05) is 19.5 Å². The molecule has 1 aromatic carbocycles. The smallest absolute Gasteiger partial charge is 0.259 e. The van der Waals surface area contributed by atoms with Gasteiger partial charge in [0.2, 0.25) is 0 Å². The molecule has 2 aromatic rings. The van der Waals surface area contributed by atoms with Crippen LogP contribution in [0.15, 0.2) is 30.5 Å². The second-order valence-corrected chi connectivity index (χ2v) is 4.66. The largest absolute Gasteiger partial charge is 0.496 e. The number of methoxy groups -OCH3 is 2. The van der Waals surface area contributed by atoms with Gasteiger partial charge < -0.3 is 14.8 Å². The van der Waals surface area contributed by atoms with E-state index in [9.17, 15) is 4.79 Å². The van der Waals surface area contributed by atoms with Crippen LogP contribution in [0.25, 0.3) is 0 Å². The van der Waals surface area contributed by atoms with E-state index >= 15 is 0 Å². The molecule has 0 aliphatic carbocycles. The Balaban J connectivity index is 2.34. The number of carbonyl (C=O) groups is 1. The highest BCUT2D eigenvalue weighted by molar-refractivity contribution is 6.06. The fourth-order valence-electron chi connectivity index (χ4n) is 2.05. The van der Waals surface area contributed by atoms with Crippen molar-refractivity contribution in [1.29, 1.82) is 0 Å². The molecular formula is C16H18N2O3. The van der Waals surface area contributed by atoms with E-state index in [1.165, 1.54) is 7.11 Å². The molecule has 1 N–H and O–H groups in total. The zero-order chi connectivity index (χ0) is 15.4. The number of pyridine rings is 1. The van der Waals surface area contributed by atoms with E-state index in [4.69, 9.17) is 9.47 Å². The van der Waals surface area contributed by atoms with Crippen LogP contribution in [0.3, 0.4) is 0 Å². The van der Waals surface area contributed by atoms with Gasteiger partial charge in [-0.15, -0.1) is 0 Å². The Morgan fingerprint density at radius 3 is 2.43 bits per heavy atom. The van der Waals surface area contributed by atoms with Crippen LogP contribution in [-0.4, -0.2) is 25.1 Å². The summed E-state index contributed by atoms with van der Waals surface area (Å²) in [4.78, 5) is 16.5. The van der Waals surface area contributed by atoms with Gasteiger partial charge in [-0.1, -0.05) is 0 Å². The maximum Gasteiger partial charge on any atom is 0.259 e. The maximum atomic E-state index is 12.4. The van der Waals surface area contributed by atoms with E-state index in [0.29, 0.717) is 22.7 Å².